The molecule has 4 heterocycles. The van der Waals surface area contributed by atoms with Gasteiger partial charge in [-0.05, 0) is 37.2 Å². The highest BCUT2D eigenvalue weighted by atomic mass is 15.2. The summed E-state index contributed by atoms with van der Waals surface area (Å²) in [6.45, 7) is 4.04. The van der Waals surface area contributed by atoms with E-state index in [1.807, 2.05) is 24.5 Å². The van der Waals surface area contributed by atoms with E-state index in [2.05, 4.69) is 38.4 Å². The van der Waals surface area contributed by atoms with Crippen LogP contribution in [0.25, 0.3) is 0 Å². The second-order valence-electron chi connectivity index (χ2n) is 5.76. The highest BCUT2D eigenvalue weighted by Gasteiger charge is 2.45. The van der Waals surface area contributed by atoms with Gasteiger partial charge < -0.3 is 10.2 Å². The number of anilines is 1. The molecular weight excluding hydrogens is 248 g/mol. The van der Waals surface area contributed by atoms with Crippen molar-refractivity contribution >= 4 is 5.69 Å². The lowest BCUT2D eigenvalue weighted by Crippen LogP contribution is -2.35. The van der Waals surface area contributed by atoms with E-state index in [4.69, 9.17) is 0 Å². The van der Waals surface area contributed by atoms with Gasteiger partial charge >= 0.3 is 0 Å². The maximum atomic E-state index is 4.68. The van der Waals surface area contributed by atoms with Gasteiger partial charge in [-0.15, -0.1) is 0 Å². The van der Waals surface area contributed by atoms with E-state index >= 15 is 0 Å². The smallest absolute Gasteiger partial charge is 0.0729 e. The Labute approximate surface area is 118 Å². The summed E-state index contributed by atoms with van der Waals surface area (Å²) in [5, 5.41) is 3.50. The number of fused-ring (bicyclic) bond motifs is 2. The van der Waals surface area contributed by atoms with Gasteiger partial charge in [0.25, 0.3) is 0 Å². The number of hydrogen-bond acceptors (Lipinski definition) is 4. The molecule has 102 valence electrons. The Morgan fingerprint density at radius 2 is 2.10 bits per heavy atom. The standard InChI is InChI=1S/C16H18N4/c1-2-7-18-13(4-1)10-20-12-16(6-9-17-11-16)15-14(20)5-3-8-19-15/h1-5,7-8,17H,6,9-12H2. The number of nitrogens with one attached hydrogen (secondary N) is 1. The van der Waals surface area contributed by atoms with Gasteiger partial charge in [-0.3, -0.25) is 9.97 Å². The van der Waals surface area contributed by atoms with Crippen LogP contribution in [0.3, 0.4) is 0 Å². The van der Waals surface area contributed by atoms with Gasteiger partial charge in [0.2, 0.25) is 0 Å². The van der Waals surface area contributed by atoms with Crippen LogP contribution in [0.4, 0.5) is 5.69 Å². The largest absolute Gasteiger partial charge is 0.363 e. The Balaban J connectivity index is 1.69. The number of aromatic nitrogens is 2. The van der Waals surface area contributed by atoms with Gasteiger partial charge in [0.15, 0.2) is 0 Å². The zero-order chi connectivity index (χ0) is 13.4. The van der Waals surface area contributed by atoms with Gasteiger partial charge in [0.05, 0.1) is 23.6 Å². The summed E-state index contributed by atoms with van der Waals surface area (Å²) in [4.78, 5) is 11.6. The summed E-state index contributed by atoms with van der Waals surface area (Å²) in [5.74, 6) is 0. The van der Waals surface area contributed by atoms with Crippen molar-refractivity contribution in [3.05, 3.63) is 54.1 Å². The fourth-order valence-corrected chi connectivity index (χ4v) is 3.50. The zero-order valence-corrected chi connectivity index (χ0v) is 11.4. The fraction of sp³-hybridized carbons (Fsp3) is 0.375. The first-order valence-electron chi connectivity index (χ1n) is 7.19. The van der Waals surface area contributed by atoms with Gasteiger partial charge in [-0.1, -0.05) is 6.07 Å². The average molecular weight is 266 g/mol. The average Bonchev–Trinajstić information content (AvgIpc) is 3.08. The van der Waals surface area contributed by atoms with Gasteiger partial charge in [-0.2, -0.15) is 0 Å². The minimum Gasteiger partial charge on any atom is -0.363 e. The molecule has 1 fully saturated rings. The van der Waals surface area contributed by atoms with Crippen molar-refractivity contribution in [1.29, 1.82) is 0 Å². The molecule has 0 saturated carbocycles. The highest BCUT2D eigenvalue weighted by Crippen LogP contribution is 2.43. The summed E-state index contributed by atoms with van der Waals surface area (Å²) in [7, 11) is 0. The van der Waals surface area contributed by atoms with Crippen molar-refractivity contribution in [2.75, 3.05) is 24.5 Å². The van der Waals surface area contributed by atoms with Crippen LogP contribution >= 0.6 is 0 Å². The molecule has 4 nitrogen and oxygen atoms in total. The van der Waals surface area contributed by atoms with Gasteiger partial charge in [0, 0.05) is 30.9 Å². The van der Waals surface area contributed by atoms with Crippen LogP contribution in [0.2, 0.25) is 0 Å². The van der Waals surface area contributed by atoms with Crippen molar-refractivity contribution in [1.82, 2.24) is 15.3 Å². The first kappa shape index (κ1) is 11.9. The molecule has 2 aromatic rings. The molecule has 1 spiro atoms. The van der Waals surface area contributed by atoms with E-state index < -0.39 is 0 Å². The Morgan fingerprint density at radius 1 is 1.15 bits per heavy atom. The fourth-order valence-electron chi connectivity index (χ4n) is 3.50. The molecule has 0 radical (unpaired) electrons. The summed E-state index contributed by atoms with van der Waals surface area (Å²) in [5.41, 5.74) is 3.86. The molecule has 1 saturated heterocycles. The molecule has 0 bridgehead atoms. The van der Waals surface area contributed by atoms with Crippen LogP contribution in [-0.4, -0.2) is 29.6 Å². The summed E-state index contributed by atoms with van der Waals surface area (Å²) in [6, 6.07) is 10.3. The van der Waals surface area contributed by atoms with Crippen LogP contribution in [0.15, 0.2) is 42.7 Å². The maximum Gasteiger partial charge on any atom is 0.0729 e. The third kappa shape index (κ3) is 1.79. The van der Waals surface area contributed by atoms with E-state index in [9.17, 15) is 0 Å². The first-order valence-corrected chi connectivity index (χ1v) is 7.19. The van der Waals surface area contributed by atoms with Crippen LogP contribution in [-0.2, 0) is 12.0 Å². The third-order valence-corrected chi connectivity index (χ3v) is 4.45. The van der Waals surface area contributed by atoms with E-state index in [0.717, 1.165) is 31.9 Å². The Hall–Kier alpha value is -1.94. The van der Waals surface area contributed by atoms with E-state index in [1.165, 1.54) is 17.8 Å². The summed E-state index contributed by atoms with van der Waals surface area (Å²) >= 11 is 0. The molecule has 2 aliphatic rings. The van der Waals surface area contributed by atoms with Crippen LogP contribution < -0.4 is 10.2 Å². The number of hydrogen-bond donors (Lipinski definition) is 1. The van der Waals surface area contributed by atoms with Gasteiger partial charge in [0.1, 0.15) is 0 Å². The molecule has 2 aliphatic heterocycles. The molecule has 20 heavy (non-hydrogen) atoms. The predicted octanol–water partition coefficient (Wildman–Crippen LogP) is 1.73. The van der Waals surface area contributed by atoms with Crippen molar-refractivity contribution < 1.29 is 0 Å². The monoisotopic (exact) mass is 266 g/mol. The van der Waals surface area contributed by atoms with Gasteiger partial charge in [-0.25, -0.2) is 0 Å². The van der Waals surface area contributed by atoms with Crippen LogP contribution in [0.5, 0.6) is 0 Å². The zero-order valence-electron chi connectivity index (χ0n) is 11.4. The molecule has 0 aromatic carbocycles. The quantitative estimate of drug-likeness (QED) is 0.899. The third-order valence-electron chi connectivity index (χ3n) is 4.45. The summed E-state index contributed by atoms with van der Waals surface area (Å²) < 4.78 is 0. The van der Waals surface area contributed by atoms with Crippen LogP contribution in [0, 0.1) is 0 Å². The SMILES string of the molecule is c1ccc(CN2CC3(CCNC3)c3ncccc32)nc1. The Morgan fingerprint density at radius 3 is 2.90 bits per heavy atom. The minimum absolute atomic E-state index is 0.200. The normalized spacial score (nSPS) is 24.3. The molecule has 4 rings (SSSR count). The van der Waals surface area contributed by atoms with E-state index in [1.54, 1.807) is 0 Å². The maximum absolute atomic E-state index is 4.68. The van der Waals surface area contributed by atoms with E-state index in [-0.39, 0.29) is 5.41 Å². The topological polar surface area (TPSA) is 41.0 Å². The van der Waals surface area contributed by atoms with Crippen LogP contribution in [0.1, 0.15) is 17.8 Å². The molecule has 2 aromatic heterocycles. The molecule has 0 aliphatic carbocycles. The highest BCUT2D eigenvalue weighted by molar-refractivity contribution is 5.60. The van der Waals surface area contributed by atoms with Crippen molar-refractivity contribution in [3.63, 3.8) is 0 Å². The van der Waals surface area contributed by atoms with Crippen molar-refractivity contribution in [2.45, 2.75) is 18.4 Å². The number of pyridine rings is 2. The lowest BCUT2D eigenvalue weighted by Gasteiger charge is -2.24. The summed E-state index contributed by atoms with van der Waals surface area (Å²) in [6.07, 6.45) is 4.96. The molecule has 4 heteroatoms. The first-order chi connectivity index (χ1) is 9.87. The Kier molecular flexibility index (Phi) is 2.70. The number of nitrogens with zero attached hydrogens (tertiary/aromatic N) is 3. The minimum atomic E-state index is 0.200. The molecule has 1 N–H and O–H groups in total. The number of rotatable bonds is 2. The lowest BCUT2D eigenvalue weighted by molar-refractivity contribution is 0.483. The molecule has 1 unspecified atom stereocenters. The second kappa shape index (κ2) is 4.56. The van der Waals surface area contributed by atoms with Crippen molar-refractivity contribution in [2.24, 2.45) is 0 Å². The molecule has 0 amide bonds. The molecular formula is C16H18N4. The van der Waals surface area contributed by atoms with Crippen molar-refractivity contribution in [3.8, 4) is 0 Å². The second-order valence-corrected chi connectivity index (χ2v) is 5.76. The predicted molar refractivity (Wildman–Crippen MR) is 78.7 cm³/mol. The van der Waals surface area contributed by atoms with E-state index in [0.29, 0.717) is 0 Å². The Bertz CT molecular complexity index is 605. The lowest BCUT2D eigenvalue weighted by atomic mass is 9.85. The molecule has 1 atom stereocenters.